The summed E-state index contributed by atoms with van der Waals surface area (Å²) >= 11 is 1.53. The molecule has 0 spiro atoms. The van der Waals surface area contributed by atoms with Crippen molar-refractivity contribution >= 4 is 54.3 Å². The van der Waals surface area contributed by atoms with Crippen molar-refractivity contribution < 1.29 is 41.8 Å². The van der Waals surface area contributed by atoms with Crippen LogP contribution in [0.2, 0.25) is 0 Å². The summed E-state index contributed by atoms with van der Waals surface area (Å²) in [6, 6.07) is 2.92. The first kappa shape index (κ1) is 31.7. The molecule has 0 radical (unpaired) electrons. The Bertz CT molecular complexity index is 1140. The maximum absolute atomic E-state index is 13.4. The van der Waals surface area contributed by atoms with Gasteiger partial charge in [-0.1, -0.05) is 0 Å². The van der Waals surface area contributed by atoms with Crippen LogP contribution in [0.5, 0.6) is 0 Å². The number of fused-ring (bicyclic) bond motifs is 1. The predicted octanol–water partition coefficient (Wildman–Crippen LogP) is 5.30. The zero-order chi connectivity index (χ0) is 28.9. The molecule has 210 valence electrons. The molecule has 3 rings (SSSR count). The van der Waals surface area contributed by atoms with E-state index >= 15 is 0 Å². The van der Waals surface area contributed by atoms with Gasteiger partial charge in [0, 0.05) is 7.05 Å². The van der Waals surface area contributed by atoms with Crippen LogP contribution in [0.25, 0.3) is 0 Å². The number of carbonyl (C=O) groups excluding carboxylic acids is 3. The van der Waals surface area contributed by atoms with E-state index in [4.69, 9.17) is 14.2 Å². The van der Waals surface area contributed by atoms with Gasteiger partial charge in [0.1, 0.15) is 5.60 Å². The summed E-state index contributed by atoms with van der Waals surface area (Å²) in [4.78, 5) is 34.9. The molecule has 14 heteroatoms. The summed E-state index contributed by atoms with van der Waals surface area (Å²) in [6.07, 6.45) is -5.91. The fourth-order valence-corrected chi connectivity index (χ4v) is 4.74. The number of alkyl carbamates (subject to hydrolysis) is 2. The van der Waals surface area contributed by atoms with Gasteiger partial charge in [-0.2, -0.15) is 0 Å². The van der Waals surface area contributed by atoms with Gasteiger partial charge in [0.05, 0.1) is 0 Å². The minimum Gasteiger partial charge on any atom is -0.444 e. The molecule has 0 bridgehead atoms. The van der Waals surface area contributed by atoms with Crippen molar-refractivity contribution in [2.24, 2.45) is 0 Å². The van der Waals surface area contributed by atoms with E-state index in [2.05, 4.69) is 10.6 Å². The molecule has 0 saturated heterocycles. The van der Waals surface area contributed by atoms with Crippen LogP contribution >= 0.6 is 19.6 Å². The Morgan fingerprint density at radius 1 is 1.08 bits per heavy atom. The van der Waals surface area contributed by atoms with Gasteiger partial charge in [-0.15, -0.1) is 0 Å². The Hall–Kier alpha value is -2.50. The summed E-state index contributed by atoms with van der Waals surface area (Å²) in [6.45, 7) is 10.1. The first-order chi connectivity index (χ1) is 17.4. The van der Waals surface area contributed by atoms with Crippen LogP contribution in [-0.2, 0) is 19.0 Å². The van der Waals surface area contributed by atoms with Crippen molar-refractivity contribution in [2.45, 2.75) is 76.3 Å². The first-order valence-corrected chi connectivity index (χ1v) is 13.4. The maximum atomic E-state index is 13.4. The van der Waals surface area contributed by atoms with Gasteiger partial charge in [-0.3, -0.25) is 0 Å². The molecule has 0 aliphatic carbocycles. The Morgan fingerprint density at radius 3 is 2.16 bits per heavy atom. The van der Waals surface area contributed by atoms with Gasteiger partial charge in [0.2, 0.25) is 0 Å². The molecule has 2 aliphatic heterocycles. The molecule has 1 aromatic rings. The molecular weight excluding hydrogens is 546 g/mol. The largest absolute Gasteiger partial charge is 0.444 e. The van der Waals surface area contributed by atoms with E-state index < -0.39 is 23.9 Å². The van der Waals surface area contributed by atoms with Crippen LogP contribution in [0.3, 0.4) is 0 Å². The van der Waals surface area contributed by atoms with E-state index in [1.54, 1.807) is 39.0 Å². The molecule has 3 amide bonds. The Morgan fingerprint density at radius 2 is 1.66 bits per heavy atom. The van der Waals surface area contributed by atoms with Crippen LogP contribution in [0.4, 0.5) is 28.4 Å². The fourth-order valence-electron chi connectivity index (χ4n) is 2.84. The third-order valence-corrected chi connectivity index (χ3v) is 6.54. The van der Waals surface area contributed by atoms with E-state index in [0.29, 0.717) is 28.9 Å². The van der Waals surface area contributed by atoms with Gasteiger partial charge >= 0.3 is 177 Å². The number of hydrogen-bond donors (Lipinski definition) is 3. The summed E-state index contributed by atoms with van der Waals surface area (Å²) in [5.74, 6) is 0.543. The third-order valence-electron chi connectivity index (χ3n) is 4.34. The van der Waals surface area contributed by atoms with Gasteiger partial charge in [-0.25, -0.2) is 4.79 Å². The minimum absolute atomic E-state index is 0.114. The van der Waals surface area contributed by atoms with Gasteiger partial charge in [0.25, 0.3) is 0 Å². The quantitative estimate of drug-likeness (QED) is 0.417. The Balaban J connectivity index is 0.000000484. The van der Waals surface area contributed by atoms with Crippen LogP contribution < -0.4 is 16.0 Å². The monoisotopic (exact) mass is 578 g/mol. The van der Waals surface area contributed by atoms with Gasteiger partial charge in [0.15, 0.2) is 0 Å². The number of thioether (sulfide) groups is 1. The van der Waals surface area contributed by atoms with E-state index in [1.165, 1.54) is 18.8 Å². The zero-order valence-electron chi connectivity index (χ0n) is 22.2. The number of carbonyl (C=O) groups is 3. The second-order valence-electron chi connectivity index (χ2n) is 10.1. The number of ether oxygens (including phenoxy) is 3. The Labute approximate surface area is 225 Å². The van der Waals surface area contributed by atoms with E-state index in [-0.39, 0.29) is 30.9 Å². The summed E-state index contributed by atoms with van der Waals surface area (Å²) < 4.78 is 55.2. The molecule has 1 unspecified atom stereocenters. The standard InChI is InChI=1S/C18H18F3N2O4PS.C6H13NO2/c1-17(2,3)27-16(25)23-13(18(19,20)21)15-26-14(28-15)9-4-5-11-10(8-9)22-12(24)6-7-29-11;1-6(2,3)9-5(8)7-4/h4-5,8,13H,6-7H2,1-3H3,(H-,22,23,24,25);1-4H3,(H,7,8)/p+1. The molecule has 2 aliphatic rings. The number of nitrogens with one attached hydrogen (secondary N) is 3. The van der Waals surface area contributed by atoms with E-state index in [0.717, 1.165) is 4.90 Å². The molecule has 2 heterocycles. The normalized spacial score (nSPS) is 16.2. The number of benzene rings is 1. The topological polar surface area (TPSA) is 115 Å². The van der Waals surface area contributed by atoms with Crippen LogP contribution in [0.15, 0.2) is 23.1 Å². The summed E-state index contributed by atoms with van der Waals surface area (Å²) in [7, 11) is 1.74. The molecule has 0 aromatic heterocycles. The molecular formula is C24H32F3N3O6PS+. The maximum Gasteiger partial charge on any atom is 0.407 e. The van der Waals surface area contributed by atoms with Crippen molar-refractivity contribution in [3.8, 4) is 0 Å². The average Bonchev–Trinajstić information content (AvgIpc) is 2.89. The number of rotatable bonds is 3. The van der Waals surface area contributed by atoms with Crippen molar-refractivity contribution in [1.82, 2.24) is 10.6 Å². The fraction of sp³-hybridized carbons (Fsp3) is 0.542. The minimum atomic E-state index is -4.73. The van der Waals surface area contributed by atoms with E-state index in [9.17, 15) is 27.6 Å². The second kappa shape index (κ2) is 12.6. The van der Waals surface area contributed by atoms with Crippen molar-refractivity contribution in [3.63, 3.8) is 0 Å². The smallest absolute Gasteiger partial charge is 0.407 e. The van der Waals surface area contributed by atoms with Crippen molar-refractivity contribution in [2.75, 3.05) is 18.1 Å². The van der Waals surface area contributed by atoms with Gasteiger partial charge < -0.3 is 10.1 Å². The number of anilines is 1. The number of alkyl halides is 3. The molecule has 38 heavy (non-hydrogen) atoms. The van der Waals surface area contributed by atoms with E-state index in [1.807, 2.05) is 26.1 Å². The number of halogens is 3. The van der Waals surface area contributed by atoms with Crippen molar-refractivity contribution in [3.05, 3.63) is 23.8 Å². The molecule has 1 aromatic carbocycles. The Kier molecular flexibility index (Phi) is 10.5. The van der Waals surface area contributed by atoms with Crippen LogP contribution in [0, 0.1) is 0 Å². The second-order valence-corrected chi connectivity index (χ2v) is 12.3. The molecule has 0 fully saturated rings. The zero-order valence-corrected chi connectivity index (χ0v) is 23.9. The predicted molar refractivity (Wildman–Crippen MR) is 142 cm³/mol. The summed E-state index contributed by atoms with van der Waals surface area (Å²) in [5, 5.41) is 6.96. The molecule has 9 nitrogen and oxygen atoms in total. The molecule has 1 atom stereocenters. The third kappa shape index (κ3) is 10.3. The van der Waals surface area contributed by atoms with Crippen LogP contribution in [0.1, 0.15) is 53.5 Å². The summed E-state index contributed by atoms with van der Waals surface area (Å²) in [5.41, 5.74) is -0.174. The van der Waals surface area contributed by atoms with Crippen molar-refractivity contribution in [1.29, 1.82) is 0 Å². The SMILES string of the molecule is CC(C)(C)OC(=O)NC(C1=[P+]=C(c2ccc3c(c2)NC(=O)CCS3)O1)C(F)(F)F.CNC(=O)OC(C)(C)C. The molecule has 3 N–H and O–H groups in total. The van der Waals surface area contributed by atoms with Crippen LogP contribution in [-0.4, -0.2) is 65.3 Å². The number of amides is 3. The van der Waals surface area contributed by atoms with Gasteiger partial charge in [-0.05, 0) is 20.8 Å². The number of hydrogen-bond acceptors (Lipinski definition) is 7. The molecule has 0 saturated carbocycles. The first-order valence-electron chi connectivity index (χ1n) is 11.6. The average molecular weight is 579 g/mol.